The van der Waals surface area contributed by atoms with Gasteiger partial charge in [0.1, 0.15) is 5.76 Å². The molecule has 3 heteroatoms. The van der Waals surface area contributed by atoms with Crippen molar-refractivity contribution in [3.63, 3.8) is 0 Å². The Bertz CT molecular complexity index is 323. The van der Waals surface area contributed by atoms with Gasteiger partial charge >= 0.3 is 0 Å². The summed E-state index contributed by atoms with van der Waals surface area (Å²) in [5.41, 5.74) is 0. The number of furan rings is 1. The van der Waals surface area contributed by atoms with E-state index < -0.39 is 0 Å². The van der Waals surface area contributed by atoms with Gasteiger partial charge in [0, 0.05) is 31.6 Å². The van der Waals surface area contributed by atoms with E-state index >= 15 is 0 Å². The SMILES string of the molecule is c1coc(C2CNCCN3CCCCC23)c1. The van der Waals surface area contributed by atoms with E-state index in [4.69, 9.17) is 4.42 Å². The van der Waals surface area contributed by atoms with Gasteiger partial charge in [-0.3, -0.25) is 4.90 Å². The smallest absolute Gasteiger partial charge is 0.109 e. The third kappa shape index (κ3) is 1.89. The first-order valence-electron chi connectivity index (χ1n) is 6.43. The van der Waals surface area contributed by atoms with Crippen LogP contribution in [-0.4, -0.2) is 37.1 Å². The normalized spacial score (nSPS) is 32.0. The molecule has 2 unspecified atom stereocenters. The third-order valence-electron chi connectivity index (χ3n) is 3.98. The highest BCUT2D eigenvalue weighted by Crippen LogP contribution is 2.31. The average Bonchev–Trinajstić information content (AvgIpc) is 2.76. The predicted octanol–water partition coefficient (Wildman–Crippen LogP) is 1.82. The fourth-order valence-electron chi connectivity index (χ4n) is 3.16. The van der Waals surface area contributed by atoms with Crippen LogP contribution >= 0.6 is 0 Å². The lowest BCUT2D eigenvalue weighted by Gasteiger charge is -2.37. The lowest BCUT2D eigenvalue weighted by atomic mass is 9.89. The monoisotopic (exact) mass is 220 g/mol. The summed E-state index contributed by atoms with van der Waals surface area (Å²) < 4.78 is 5.61. The van der Waals surface area contributed by atoms with Crippen LogP contribution in [0.5, 0.6) is 0 Å². The number of fused-ring (bicyclic) bond motifs is 1. The number of nitrogens with zero attached hydrogens (tertiary/aromatic N) is 1. The topological polar surface area (TPSA) is 28.4 Å². The Morgan fingerprint density at radius 3 is 3.19 bits per heavy atom. The lowest BCUT2D eigenvalue weighted by Crippen LogP contribution is -2.43. The Kier molecular flexibility index (Phi) is 2.98. The summed E-state index contributed by atoms with van der Waals surface area (Å²) in [5.74, 6) is 1.70. The zero-order valence-corrected chi connectivity index (χ0v) is 9.69. The van der Waals surface area contributed by atoms with Crippen LogP contribution in [0.4, 0.5) is 0 Å². The molecule has 0 bridgehead atoms. The van der Waals surface area contributed by atoms with Gasteiger partial charge in [-0.15, -0.1) is 0 Å². The molecule has 0 radical (unpaired) electrons. The number of piperidine rings is 1. The van der Waals surface area contributed by atoms with E-state index in [-0.39, 0.29) is 0 Å². The molecule has 0 amide bonds. The van der Waals surface area contributed by atoms with Gasteiger partial charge in [0.05, 0.1) is 6.26 Å². The van der Waals surface area contributed by atoms with Gasteiger partial charge in [-0.1, -0.05) is 6.42 Å². The van der Waals surface area contributed by atoms with Gasteiger partial charge in [0.25, 0.3) is 0 Å². The molecule has 3 rings (SSSR count). The van der Waals surface area contributed by atoms with Crippen LogP contribution in [0.3, 0.4) is 0 Å². The third-order valence-corrected chi connectivity index (χ3v) is 3.98. The van der Waals surface area contributed by atoms with Crippen LogP contribution in [-0.2, 0) is 0 Å². The molecule has 16 heavy (non-hydrogen) atoms. The van der Waals surface area contributed by atoms with E-state index in [0.29, 0.717) is 12.0 Å². The lowest BCUT2D eigenvalue weighted by molar-refractivity contribution is 0.135. The second-order valence-corrected chi connectivity index (χ2v) is 4.93. The van der Waals surface area contributed by atoms with Gasteiger partial charge in [0.15, 0.2) is 0 Å². The highest BCUT2D eigenvalue weighted by atomic mass is 16.3. The molecular weight excluding hydrogens is 200 g/mol. The summed E-state index contributed by atoms with van der Waals surface area (Å²) in [6.07, 6.45) is 5.86. The van der Waals surface area contributed by atoms with Gasteiger partial charge < -0.3 is 9.73 Å². The molecule has 88 valence electrons. The van der Waals surface area contributed by atoms with Gasteiger partial charge in [-0.2, -0.15) is 0 Å². The molecule has 0 saturated carbocycles. The molecule has 2 fully saturated rings. The van der Waals surface area contributed by atoms with Crippen LogP contribution < -0.4 is 5.32 Å². The Hall–Kier alpha value is -0.800. The van der Waals surface area contributed by atoms with Crippen LogP contribution in [0.1, 0.15) is 30.9 Å². The van der Waals surface area contributed by atoms with Crippen molar-refractivity contribution in [2.45, 2.75) is 31.2 Å². The molecule has 2 aliphatic heterocycles. The summed E-state index contributed by atoms with van der Waals surface area (Å²) in [7, 11) is 0. The Morgan fingerprint density at radius 1 is 1.31 bits per heavy atom. The van der Waals surface area contributed by atoms with Crippen molar-refractivity contribution < 1.29 is 4.42 Å². The summed E-state index contributed by atoms with van der Waals surface area (Å²) >= 11 is 0. The molecule has 0 aliphatic carbocycles. The molecule has 2 saturated heterocycles. The molecule has 2 aliphatic rings. The highest BCUT2D eigenvalue weighted by molar-refractivity contribution is 5.11. The summed E-state index contributed by atoms with van der Waals surface area (Å²) in [5, 5.41) is 3.54. The second kappa shape index (κ2) is 4.60. The largest absolute Gasteiger partial charge is 0.469 e. The summed E-state index contributed by atoms with van der Waals surface area (Å²) in [6, 6.07) is 4.83. The van der Waals surface area contributed by atoms with E-state index in [9.17, 15) is 0 Å². The second-order valence-electron chi connectivity index (χ2n) is 4.93. The molecular formula is C13H20N2O. The van der Waals surface area contributed by atoms with Gasteiger partial charge in [-0.05, 0) is 31.5 Å². The minimum atomic E-state index is 0.540. The van der Waals surface area contributed by atoms with Crippen molar-refractivity contribution in [3.05, 3.63) is 24.2 Å². The van der Waals surface area contributed by atoms with Gasteiger partial charge in [0.2, 0.25) is 0 Å². The maximum Gasteiger partial charge on any atom is 0.109 e. The molecule has 0 aromatic carbocycles. The standard InChI is InChI=1S/C13H20N2O/c1-2-7-15-8-6-14-10-11(12(15)4-1)13-5-3-9-16-13/h3,5,9,11-12,14H,1-2,4,6-8,10H2. The van der Waals surface area contributed by atoms with E-state index in [1.165, 1.54) is 32.4 Å². The van der Waals surface area contributed by atoms with Crippen molar-refractivity contribution in [3.8, 4) is 0 Å². The molecule has 0 spiro atoms. The fraction of sp³-hybridized carbons (Fsp3) is 0.692. The van der Waals surface area contributed by atoms with Crippen LogP contribution in [0.15, 0.2) is 22.8 Å². The van der Waals surface area contributed by atoms with Crippen molar-refractivity contribution in [2.24, 2.45) is 0 Å². The van der Waals surface area contributed by atoms with E-state index in [1.54, 1.807) is 6.26 Å². The number of rotatable bonds is 1. The summed E-state index contributed by atoms with van der Waals surface area (Å²) in [4.78, 5) is 2.65. The first-order valence-corrected chi connectivity index (χ1v) is 6.43. The maximum absolute atomic E-state index is 5.61. The molecule has 1 N–H and O–H groups in total. The first-order chi connectivity index (χ1) is 7.95. The summed E-state index contributed by atoms with van der Waals surface area (Å²) in [6.45, 7) is 4.65. The predicted molar refractivity (Wildman–Crippen MR) is 63.5 cm³/mol. The van der Waals surface area contributed by atoms with Crippen molar-refractivity contribution >= 4 is 0 Å². The van der Waals surface area contributed by atoms with Crippen molar-refractivity contribution in [1.82, 2.24) is 10.2 Å². The maximum atomic E-state index is 5.61. The molecule has 1 aromatic heterocycles. The van der Waals surface area contributed by atoms with E-state index in [1.807, 2.05) is 6.07 Å². The molecule has 3 heterocycles. The minimum Gasteiger partial charge on any atom is -0.469 e. The van der Waals surface area contributed by atoms with E-state index in [0.717, 1.165) is 18.8 Å². The quantitative estimate of drug-likeness (QED) is 0.782. The van der Waals surface area contributed by atoms with Crippen LogP contribution in [0.2, 0.25) is 0 Å². The molecule has 1 aromatic rings. The van der Waals surface area contributed by atoms with Crippen LogP contribution in [0.25, 0.3) is 0 Å². The molecule has 2 atom stereocenters. The first kappa shape index (κ1) is 10.4. The number of hydrogen-bond donors (Lipinski definition) is 1. The fourth-order valence-corrected chi connectivity index (χ4v) is 3.16. The van der Waals surface area contributed by atoms with Crippen molar-refractivity contribution in [2.75, 3.05) is 26.2 Å². The zero-order valence-electron chi connectivity index (χ0n) is 9.69. The number of nitrogens with one attached hydrogen (secondary N) is 1. The Morgan fingerprint density at radius 2 is 2.31 bits per heavy atom. The van der Waals surface area contributed by atoms with Gasteiger partial charge in [-0.25, -0.2) is 0 Å². The zero-order chi connectivity index (χ0) is 10.8. The Labute approximate surface area is 96.8 Å². The minimum absolute atomic E-state index is 0.540. The van der Waals surface area contributed by atoms with Crippen molar-refractivity contribution in [1.29, 1.82) is 0 Å². The van der Waals surface area contributed by atoms with Crippen LogP contribution in [0, 0.1) is 0 Å². The Balaban J connectivity index is 1.84. The van der Waals surface area contributed by atoms with E-state index in [2.05, 4.69) is 16.3 Å². The molecule has 3 nitrogen and oxygen atoms in total. The average molecular weight is 220 g/mol. The highest BCUT2D eigenvalue weighted by Gasteiger charge is 2.33. The number of hydrogen-bond acceptors (Lipinski definition) is 3.